The van der Waals surface area contributed by atoms with Crippen LogP contribution in [-0.4, -0.2) is 11.8 Å². The molecule has 0 atom stereocenters. The quantitative estimate of drug-likeness (QED) is 0.898. The fraction of sp³-hybridized carbons (Fsp3) is 0.125. The van der Waals surface area contributed by atoms with Crippen molar-refractivity contribution in [3.8, 4) is 0 Å². The van der Waals surface area contributed by atoms with Crippen molar-refractivity contribution in [3.63, 3.8) is 0 Å². The van der Waals surface area contributed by atoms with E-state index in [1.54, 1.807) is 25.1 Å². The first-order chi connectivity index (χ1) is 10.4. The molecule has 0 spiro atoms. The van der Waals surface area contributed by atoms with Gasteiger partial charge in [-0.15, -0.1) is 0 Å². The molecule has 0 fully saturated rings. The van der Waals surface area contributed by atoms with E-state index in [2.05, 4.69) is 10.6 Å². The third-order valence-corrected chi connectivity index (χ3v) is 3.21. The van der Waals surface area contributed by atoms with Crippen molar-refractivity contribution < 1.29 is 14.0 Å². The number of hydrogen-bond donors (Lipinski definition) is 2. The Kier molecular flexibility index (Phi) is 4.78. The molecule has 0 aliphatic carbocycles. The molecule has 0 saturated heterocycles. The van der Waals surface area contributed by atoms with Gasteiger partial charge in [0.05, 0.1) is 5.56 Å². The topological polar surface area (TPSA) is 58.2 Å². The summed E-state index contributed by atoms with van der Waals surface area (Å²) in [5.74, 6) is -1.48. The summed E-state index contributed by atoms with van der Waals surface area (Å²) in [6.07, 6.45) is 0. The molecule has 2 N–H and O–H groups in total. The number of benzene rings is 2. The first-order valence-electron chi connectivity index (χ1n) is 6.51. The Balaban J connectivity index is 2.27. The molecule has 0 aromatic heterocycles. The number of aryl methyl sites for hydroxylation is 1. The van der Waals surface area contributed by atoms with Crippen LogP contribution in [0.15, 0.2) is 36.4 Å². The summed E-state index contributed by atoms with van der Waals surface area (Å²) in [6, 6.07) is 8.84. The van der Waals surface area contributed by atoms with Gasteiger partial charge in [0.15, 0.2) is 0 Å². The second-order valence-corrected chi connectivity index (χ2v) is 5.23. The average molecular weight is 321 g/mol. The lowest BCUT2D eigenvalue weighted by molar-refractivity contribution is -0.114. The Labute approximate surface area is 132 Å². The lowest BCUT2D eigenvalue weighted by Crippen LogP contribution is -2.15. The molecule has 6 heteroatoms. The molecule has 0 aliphatic rings. The Hall–Kier alpha value is -2.40. The number of amides is 2. The van der Waals surface area contributed by atoms with Gasteiger partial charge in [0.1, 0.15) is 5.82 Å². The maximum absolute atomic E-state index is 13.7. The van der Waals surface area contributed by atoms with Crippen LogP contribution in [0.2, 0.25) is 5.02 Å². The van der Waals surface area contributed by atoms with E-state index in [1.165, 1.54) is 19.1 Å². The first kappa shape index (κ1) is 16.0. The second-order valence-electron chi connectivity index (χ2n) is 4.79. The summed E-state index contributed by atoms with van der Waals surface area (Å²) in [7, 11) is 0. The third kappa shape index (κ3) is 3.83. The normalized spacial score (nSPS) is 10.2. The van der Waals surface area contributed by atoms with Crippen LogP contribution in [0.5, 0.6) is 0 Å². The zero-order valence-corrected chi connectivity index (χ0v) is 12.8. The molecule has 0 saturated carbocycles. The van der Waals surface area contributed by atoms with Crippen LogP contribution in [0.1, 0.15) is 22.8 Å². The summed E-state index contributed by atoms with van der Waals surface area (Å²) < 4.78 is 13.7. The van der Waals surface area contributed by atoms with E-state index < -0.39 is 11.7 Å². The third-order valence-electron chi connectivity index (χ3n) is 2.98. The number of halogens is 2. The van der Waals surface area contributed by atoms with Gasteiger partial charge in [-0.1, -0.05) is 17.7 Å². The molecule has 22 heavy (non-hydrogen) atoms. The van der Waals surface area contributed by atoms with E-state index in [0.717, 1.165) is 11.6 Å². The van der Waals surface area contributed by atoms with Crippen LogP contribution in [0.25, 0.3) is 0 Å². The fourth-order valence-electron chi connectivity index (χ4n) is 1.90. The molecule has 2 amide bonds. The largest absolute Gasteiger partial charge is 0.326 e. The number of rotatable bonds is 3. The Bertz CT molecular complexity index is 747. The van der Waals surface area contributed by atoms with Crippen molar-refractivity contribution in [1.29, 1.82) is 0 Å². The fourth-order valence-corrected chi connectivity index (χ4v) is 2.07. The average Bonchev–Trinajstić information content (AvgIpc) is 2.44. The van der Waals surface area contributed by atoms with Crippen LogP contribution in [0.3, 0.4) is 0 Å². The van der Waals surface area contributed by atoms with Crippen LogP contribution >= 0.6 is 11.6 Å². The summed E-state index contributed by atoms with van der Waals surface area (Å²) in [5, 5.41) is 5.51. The van der Waals surface area contributed by atoms with Crippen molar-refractivity contribution in [3.05, 3.63) is 58.4 Å². The van der Waals surface area contributed by atoms with Gasteiger partial charge in [-0.25, -0.2) is 4.39 Å². The van der Waals surface area contributed by atoms with E-state index in [-0.39, 0.29) is 16.5 Å². The molecule has 2 rings (SSSR count). The molecular formula is C16H14ClFN2O2. The highest BCUT2D eigenvalue weighted by molar-refractivity contribution is 6.31. The molecule has 0 aliphatic heterocycles. The zero-order chi connectivity index (χ0) is 16.3. The Morgan fingerprint density at radius 2 is 1.82 bits per heavy atom. The maximum atomic E-state index is 13.7. The van der Waals surface area contributed by atoms with Crippen molar-refractivity contribution in [2.45, 2.75) is 13.8 Å². The van der Waals surface area contributed by atoms with Crippen molar-refractivity contribution in [2.75, 3.05) is 10.6 Å². The molecule has 0 unspecified atom stereocenters. The smallest absolute Gasteiger partial charge is 0.258 e. The molecular weight excluding hydrogens is 307 g/mol. The summed E-state index contributed by atoms with van der Waals surface area (Å²) in [4.78, 5) is 23.2. The maximum Gasteiger partial charge on any atom is 0.258 e. The minimum atomic E-state index is -0.655. The SMILES string of the molecule is CC(=O)Nc1ccc(C)c(NC(=O)c2cc(Cl)ccc2F)c1. The standard InChI is InChI=1S/C16H14ClFN2O2/c1-9-3-5-12(19-10(2)21)8-15(9)20-16(22)13-7-11(17)4-6-14(13)18/h3-8H,1-2H3,(H,19,21)(H,20,22). The van der Waals surface area contributed by atoms with Crippen LogP contribution in [0, 0.1) is 12.7 Å². The van der Waals surface area contributed by atoms with E-state index in [4.69, 9.17) is 11.6 Å². The number of hydrogen-bond acceptors (Lipinski definition) is 2. The van der Waals surface area contributed by atoms with E-state index >= 15 is 0 Å². The highest BCUT2D eigenvalue weighted by Crippen LogP contribution is 2.22. The minimum Gasteiger partial charge on any atom is -0.326 e. The molecule has 114 valence electrons. The van der Waals surface area contributed by atoms with E-state index in [1.807, 2.05) is 0 Å². The van der Waals surface area contributed by atoms with Gasteiger partial charge in [-0.3, -0.25) is 9.59 Å². The number of nitrogens with one attached hydrogen (secondary N) is 2. The van der Waals surface area contributed by atoms with E-state index in [9.17, 15) is 14.0 Å². The van der Waals surface area contributed by atoms with Crippen molar-refractivity contribution in [2.24, 2.45) is 0 Å². The predicted molar refractivity (Wildman–Crippen MR) is 84.8 cm³/mol. The molecule has 0 radical (unpaired) electrons. The van der Waals surface area contributed by atoms with Crippen LogP contribution < -0.4 is 10.6 Å². The van der Waals surface area contributed by atoms with Gasteiger partial charge in [0, 0.05) is 23.3 Å². The molecule has 0 bridgehead atoms. The molecule has 2 aromatic rings. The minimum absolute atomic E-state index is 0.142. The van der Waals surface area contributed by atoms with Gasteiger partial charge in [-0.05, 0) is 42.8 Å². The summed E-state index contributed by atoms with van der Waals surface area (Å²) >= 11 is 5.78. The summed E-state index contributed by atoms with van der Waals surface area (Å²) in [6.45, 7) is 3.18. The lowest BCUT2D eigenvalue weighted by Gasteiger charge is -2.11. The van der Waals surface area contributed by atoms with Crippen molar-refractivity contribution in [1.82, 2.24) is 0 Å². The first-order valence-corrected chi connectivity index (χ1v) is 6.89. The van der Waals surface area contributed by atoms with Crippen LogP contribution in [0.4, 0.5) is 15.8 Å². The second kappa shape index (κ2) is 6.58. The summed E-state index contributed by atoms with van der Waals surface area (Å²) in [5.41, 5.74) is 1.66. The highest BCUT2D eigenvalue weighted by atomic mass is 35.5. The number of carbonyl (C=O) groups is 2. The Morgan fingerprint density at radius 3 is 2.50 bits per heavy atom. The van der Waals surface area contributed by atoms with E-state index in [0.29, 0.717) is 11.4 Å². The zero-order valence-electron chi connectivity index (χ0n) is 12.0. The van der Waals surface area contributed by atoms with Gasteiger partial charge in [-0.2, -0.15) is 0 Å². The molecule has 2 aromatic carbocycles. The predicted octanol–water partition coefficient (Wildman–Crippen LogP) is 4.00. The molecule has 0 heterocycles. The monoisotopic (exact) mass is 320 g/mol. The van der Waals surface area contributed by atoms with Crippen molar-refractivity contribution >= 4 is 34.8 Å². The Morgan fingerprint density at radius 1 is 1.09 bits per heavy atom. The van der Waals surface area contributed by atoms with Gasteiger partial charge in [0.2, 0.25) is 5.91 Å². The highest BCUT2D eigenvalue weighted by Gasteiger charge is 2.14. The molecule has 4 nitrogen and oxygen atoms in total. The number of anilines is 2. The number of carbonyl (C=O) groups excluding carboxylic acids is 2. The van der Waals surface area contributed by atoms with Gasteiger partial charge >= 0.3 is 0 Å². The van der Waals surface area contributed by atoms with Crippen LogP contribution in [-0.2, 0) is 4.79 Å². The van der Waals surface area contributed by atoms with Gasteiger partial charge in [0.25, 0.3) is 5.91 Å². The van der Waals surface area contributed by atoms with Gasteiger partial charge < -0.3 is 10.6 Å². The lowest BCUT2D eigenvalue weighted by atomic mass is 10.1.